The molecule has 0 aromatic carbocycles. The number of rotatable bonds is 5. The van der Waals surface area contributed by atoms with Crippen molar-refractivity contribution in [2.45, 2.75) is 39.7 Å². The summed E-state index contributed by atoms with van der Waals surface area (Å²) in [6.45, 7) is 7.51. The molecule has 2 aromatic rings. The summed E-state index contributed by atoms with van der Waals surface area (Å²) in [6.07, 6.45) is 5.03. The Morgan fingerprint density at radius 1 is 1.38 bits per heavy atom. The summed E-state index contributed by atoms with van der Waals surface area (Å²) >= 11 is 1.71. The van der Waals surface area contributed by atoms with E-state index in [4.69, 9.17) is 0 Å². The number of aromatic nitrogens is 2. The van der Waals surface area contributed by atoms with Crippen LogP contribution in [0.2, 0.25) is 0 Å². The van der Waals surface area contributed by atoms with Crippen LogP contribution in [0.5, 0.6) is 0 Å². The molecule has 6 heteroatoms. The number of amides is 1. The molecule has 1 amide bonds. The second kappa shape index (κ2) is 6.15. The number of nitrogens with one attached hydrogen (secondary N) is 1. The van der Waals surface area contributed by atoms with E-state index in [9.17, 15) is 4.79 Å². The number of likely N-dealkylation sites (tertiary alicyclic amines) is 1. The molecule has 3 rings (SSSR count). The molecular weight excluding hydrogens is 284 g/mol. The second-order valence-electron chi connectivity index (χ2n) is 5.65. The van der Waals surface area contributed by atoms with Gasteiger partial charge in [-0.15, -0.1) is 11.3 Å². The zero-order valence-corrected chi connectivity index (χ0v) is 13.5. The van der Waals surface area contributed by atoms with Crippen molar-refractivity contribution in [2.75, 3.05) is 19.6 Å². The van der Waals surface area contributed by atoms with Crippen molar-refractivity contribution in [2.24, 2.45) is 0 Å². The summed E-state index contributed by atoms with van der Waals surface area (Å²) in [6, 6.07) is 0. The molecule has 1 aliphatic heterocycles. The Bertz CT molecular complexity index is 639. The summed E-state index contributed by atoms with van der Waals surface area (Å²) in [5.41, 5.74) is 2.27. The van der Waals surface area contributed by atoms with Gasteiger partial charge in [0.05, 0.1) is 11.4 Å². The van der Waals surface area contributed by atoms with Gasteiger partial charge in [0.2, 0.25) is 5.91 Å². The first-order chi connectivity index (χ1) is 10.1. The molecule has 0 aliphatic carbocycles. The van der Waals surface area contributed by atoms with Crippen LogP contribution in [-0.2, 0) is 11.3 Å². The first kappa shape index (κ1) is 14.5. The number of carbonyl (C=O) groups excluding carboxylic acids is 1. The Balaban J connectivity index is 1.52. The van der Waals surface area contributed by atoms with E-state index >= 15 is 0 Å². The highest BCUT2D eigenvalue weighted by Crippen LogP contribution is 2.20. The maximum Gasteiger partial charge on any atom is 0.223 e. The number of hydrogen-bond donors (Lipinski definition) is 1. The molecule has 0 radical (unpaired) electrons. The molecule has 0 bridgehead atoms. The highest BCUT2D eigenvalue weighted by Gasteiger charge is 2.17. The van der Waals surface area contributed by atoms with E-state index in [0.29, 0.717) is 6.42 Å². The number of aryl methyl sites for hydroxylation is 2. The monoisotopic (exact) mass is 306 g/mol. The molecule has 0 atom stereocenters. The van der Waals surface area contributed by atoms with Gasteiger partial charge in [0.25, 0.3) is 0 Å². The van der Waals surface area contributed by atoms with Gasteiger partial charge < -0.3 is 10.2 Å². The van der Waals surface area contributed by atoms with Gasteiger partial charge in [-0.25, -0.2) is 4.98 Å². The third kappa shape index (κ3) is 3.11. The molecule has 1 N–H and O–H groups in total. The molecule has 2 aromatic heterocycles. The predicted octanol–water partition coefficient (Wildman–Crippen LogP) is 2.11. The van der Waals surface area contributed by atoms with Gasteiger partial charge >= 0.3 is 0 Å². The number of hydrogen-bond acceptors (Lipinski definition) is 4. The smallest absolute Gasteiger partial charge is 0.223 e. The maximum absolute atomic E-state index is 12.0. The van der Waals surface area contributed by atoms with Gasteiger partial charge in [0.1, 0.15) is 0 Å². The molecule has 21 heavy (non-hydrogen) atoms. The van der Waals surface area contributed by atoms with Crippen LogP contribution in [0, 0.1) is 13.8 Å². The van der Waals surface area contributed by atoms with Gasteiger partial charge in [-0.2, -0.15) is 0 Å². The van der Waals surface area contributed by atoms with Crippen LogP contribution >= 0.6 is 11.3 Å². The molecule has 0 saturated carbocycles. The molecule has 1 saturated heterocycles. The fourth-order valence-electron chi connectivity index (χ4n) is 2.85. The van der Waals surface area contributed by atoms with E-state index in [0.717, 1.165) is 49.7 Å². The summed E-state index contributed by atoms with van der Waals surface area (Å²) < 4.78 is 2.16. The third-order valence-electron chi connectivity index (χ3n) is 4.01. The number of thiazole rings is 1. The third-order valence-corrected chi connectivity index (χ3v) is 4.91. The maximum atomic E-state index is 12.0. The first-order valence-electron chi connectivity index (χ1n) is 7.57. The molecule has 0 unspecified atom stereocenters. The number of nitrogens with zero attached hydrogens (tertiary/aromatic N) is 3. The quantitative estimate of drug-likeness (QED) is 0.861. The lowest BCUT2D eigenvalue weighted by molar-refractivity contribution is -0.130. The molecule has 1 aliphatic rings. The molecular formula is C15H22N4OS. The van der Waals surface area contributed by atoms with Crippen molar-refractivity contribution in [3.05, 3.63) is 22.5 Å². The molecule has 5 nitrogen and oxygen atoms in total. The van der Waals surface area contributed by atoms with Crippen molar-refractivity contribution >= 4 is 22.2 Å². The lowest BCUT2D eigenvalue weighted by Crippen LogP contribution is -2.30. The Morgan fingerprint density at radius 3 is 2.90 bits per heavy atom. The Morgan fingerprint density at radius 2 is 2.14 bits per heavy atom. The largest absolute Gasteiger partial charge is 0.343 e. The zero-order valence-electron chi connectivity index (χ0n) is 12.7. The number of imidazole rings is 1. The highest BCUT2D eigenvalue weighted by atomic mass is 32.1. The Kier molecular flexibility index (Phi) is 4.26. The van der Waals surface area contributed by atoms with Gasteiger partial charge in [-0.3, -0.25) is 9.20 Å². The molecule has 0 spiro atoms. The SMILES string of the molecule is Cc1cn2c(CNCCC(=O)N3CCCC3)c(C)nc2s1. The molecule has 3 heterocycles. The Labute approximate surface area is 129 Å². The summed E-state index contributed by atoms with van der Waals surface area (Å²) in [4.78, 5) is 20.8. The average molecular weight is 306 g/mol. The van der Waals surface area contributed by atoms with Crippen LogP contribution in [-0.4, -0.2) is 39.8 Å². The van der Waals surface area contributed by atoms with Crippen LogP contribution in [0.4, 0.5) is 0 Å². The van der Waals surface area contributed by atoms with Gasteiger partial charge in [0.15, 0.2) is 4.96 Å². The molecule has 1 fully saturated rings. The zero-order chi connectivity index (χ0) is 14.8. The van der Waals surface area contributed by atoms with E-state index in [1.54, 1.807) is 11.3 Å². The normalized spacial score (nSPS) is 15.2. The van der Waals surface area contributed by atoms with Crippen molar-refractivity contribution in [3.63, 3.8) is 0 Å². The summed E-state index contributed by atoms with van der Waals surface area (Å²) in [5.74, 6) is 0.279. The van der Waals surface area contributed by atoms with E-state index in [1.165, 1.54) is 10.6 Å². The average Bonchev–Trinajstić information content (AvgIpc) is 3.12. The van der Waals surface area contributed by atoms with Crippen molar-refractivity contribution in [3.8, 4) is 0 Å². The second-order valence-corrected chi connectivity index (χ2v) is 6.87. The fraction of sp³-hybridized carbons (Fsp3) is 0.600. The van der Waals surface area contributed by atoms with Gasteiger partial charge in [-0.05, 0) is 26.7 Å². The van der Waals surface area contributed by atoms with Crippen LogP contribution < -0.4 is 5.32 Å². The van der Waals surface area contributed by atoms with Crippen LogP contribution in [0.1, 0.15) is 35.5 Å². The van der Waals surface area contributed by atoms with Crippen LogP contribution in [0.3, 0.4) is 0 Å². The lowest BCUT2D eigenvalue weighted by Gasteiger charge is -2.15. The van der Waals surface area contributed by atoms with Crippen molar-refractivity contribution < 1.29 is 4.79 Å². The standard InChI is InChI=1S/C15H22N4OS/c1-11-10-19-13(12(2)17-15(19)21-11)9-16-6-5-14(20)18-7-3-4-8-18/h10,16H,3-9H2,1-2H3. The number of carbonyl (C=O) groups is 1. The lowest BCUT2D eigenvalue weighted by atomic mass is 10.3. The summed E-state index contributed by atoms with van der Waals surface area (Å²) in [5, 5.41) is 3.38. The van der Waals surface area contributed by atoms with Crippen molar-refractivity contribution in [1.29, 1.82) is 0 Å². The minimum atomic E-state index is 0.279. The summed E-state index contributed by atoms with van der Waals surface area (Å²) in [7, 11) is 0. The van der Waals surface area contributed by atoms with E-state index in [-0.39, 0.29) is 5.91 Å². The molecule has 114 valence electrons. The fourth-order valence-corrected chi connectivity index (χ4v) is 3.74. The van der Waals surface area contributed by atoms with E-state index < -0.39 is 0 Å². The predicted molar refractivity (Wildman–Crippen MR) is 84.7 cm³/mol. The topological polar surface area (TPSA) is 49.6 Å². The minimum Gasteiger partial charge on any atom is -0.343 e. The number of fused-ring (bicyclic) bond motifs is 1. The Hall–Kier alpha value is -1.40. The van der Waals surface area contributed by atoms with Crippen LogP contribution in [0.25, 0.3) is 4.96 Å². The van der Waals surface area contributed by atoms with Crippen LogP contribution in [0.15, 0.2) is 6.20 Å². The van der Waals surface area contributed by atoms with E-state index in [1.807, 2.05) is 11.8 Å². The minimum absolute atomic E-state index is 0.279. The van der Waals surface area contributed by atoms with Gasteiger partial charge in [-0.1, -0.05) is 0 Å². The van der Waals surface area contributed by atoms with Crippen molar-refractivity contribution in [1.82, 2.24) is 19.6 Å². The first-order valence-corrected chi connectivity index (χ1v) is 8.39. The van der Waals surface area contributed by atoms with E-state index in [2.05, 4.69) is 27.8 Å². The highest BCUT2D eigenvalue weighted by molar-refractivity contribution is 7.17. The van der Waals surface area contributed by atoms with Gasteiger partial charge in [0, 0.05) is 43.7 Å².